The minimum absolute atomic E-state index is 0.00929. The number of carbonyl (C=O) groups excluding carboxylic acids is 3. The number of hydrogen-bond donors (Lipinski definition) is 3. The molecule has 3 saturated heterocycles. The first-order chi connectivity index (χ1) is 17.9. The van der Waals surface area contributed by atoms with Gasteiger partial charge in [0.2, 0.25) is 17.7 Å². The number of rotatable bonds is 9. The van der Waals surface area contributed by atoms with E-state index in [0.29, 0.717) is 48.5 Å². The zero-order chi connectivity index (χ0) is 26.2. The van der Waals surface area contributed by atoms with Crippen LogP contribution in [-0.2, 0) is 19.1 Å². The van der Waals surface area contributed by atoms with Crippen LogP contribution in [0.4, 0.5) is 11.4 Å². The number of likely N-dealkylation sites (tertiary alicyclic amines) is 1. The molecule has 196 valence electrons. The SMILES string of the molecule is CC[C@@]12CCC3(O1)C(C(=O)Nc1ccccc1Cl)N(CCCCO)C(=O)[C@@H]3[C@@H]2C(=O)Nc1ccccc1. The van der Waals surface area contributed by atoms with Crippen molar-refractivity contribution in [1.82, 2.24) is 4.90 Å². The first kappa shape index (κ1) is 25.7. The second-order valence-electron chi connectivity index (χ2n) is 10.1. The van der Waals surface area contributed by atoms with Crippen LogP contribution in [0.5, 0.6) is 0 Å². The standard InChI is InChI=1S/C28H32ClN3O5/c1-2-27-14-15-28(37-27)22(21(27)24(34)30-18-10-4-3-5-11-18)26(36)32(16-8-9-17-33)23(28)25(35)31-20-13-7-6-12-19(20)29/h3-7,10-13,21-23,33H,2,8-9,14-17H2,1H3,(H,30,34)(H,31,35)/t21-,22+,23?,27+,28?/m1/s1. The number of ether oxygens (including phenoxy) is 1. The molecular formula is C28H32ClN3O5. The van der Waals surface area contributed by atoms with Crippen molar-refractivity contribution in [1.29, 1.82) is 0 Å². The number of amides is 3. The van der Waals surface area contributed by atoms with Gasteiger partial charge in [-0.05, 0) is 56.4 Å². The summed E-state index contributed by atoms with van der Waals surface area (Å²) in [4.78, 5) is 43.1. The predicted octanol–water partition coefficient (Wildman–Crippen LogP) is 3.84. The maximum atomic E-state index is 14.0. The molecular weight excluding hydrogens is 494 g/mol. The van der Waals surface area contributed by atoms with Crippen LogP contribution in [0.15, 0.2) is 54.6 Å². The van der Waals surface area contributed by atoms with Crippen molar-refractivity contribution in [3.8, 4) is 0 Å². The summed E-state index contributed by atoms with van der Waals surface area (Å²) in [5.41, 5.74) is -0.836. The highest BCUT2D eigenvalue weighted by molar-refractivity contribution is 6.33. The quantitative estimate of drug-likeness (QED) is 0.431. The number of fused-ring (bicyclic) bond motifs is 1. The molecule has 2 aromatic carbocycles. The van der Waals surface area contributed by atoms with Gasteiger partial charge in [-0.3, -0.25) is 14.4 Å². The van der Waals surface area contributed by atoms with E-state index in [4.69, 9.17) is 16.3 Å². The van der Waals surface area contributed by atoms with Gasteiger partial charge in [0.25, 0.3) is 0 Å². The summed E-state index contributed by atoms with van der Waals surface area (Å²) >= 11 is 6.31. The Bertz CT molecular complexity index is 1190. The molecule has 3 amide bonds. The number of nitrogens with zero attached hydrogens (tertiary/aromatic N) is 1. The van der Waals surface area contributed by atoms with Crippen molar-refractivity contribution < 1.29 is 24.2 Å². The fraction of sp³-hybridized carbons (Fsp3) is 0.464. The van der Waals surface area contributed by atoms with Gasteiger partial charge >= 0.3 is 0 Å². The Morgan fingerprint density at radius 2 is 1.78 bits per heavy atom. The first-order valence-corrected chi connectivity index (χ1v) is 13.3. The van der Waals surface area contributed by atoms with E-state index in [1.807, 2.05) is 25.1 Å². The van der Waals surface area contributed by atoms with Crippen LogP contribution in [0.25, 0.3) is 0 Å². The summed E-state index contributed by atoms with van der Waals surface area (Å²) < 4.78 is 6.73. The Morgan fingerprint density at radius 1 is 1.05 bits per heavy atom. The average molecular weight is 526 g/mol. The van der Waals surface area contributed by atoms with Crippen molar-refractivity contribution in [2.45, 2.75) is 56.3 Å². The van der Waals surface area contributed by atoms with Gasteiger partial charge in [0, 0.05) is 18.8 Å². The number of para-hydroxylation sites is 2. The van der Waals surface area contributed by atoms with Crippen LogP contribution >= 0.6 is 11.6 Å². The molecule has 37 heavy (non-hydrogen) atoms. The third kappa shape index (κ3) is 4.21. The largest absolute Gasteiger partial charge is 0.396 e. The lowest BCUT2D eigenvalue weighted by molar-refractivity contribution is -0.144. The van der Waals surface area contributed by atoms with Crippen LogP contribution < -0.4 is 10.6 Å². The van der Waals surface area contributed by atoms with Crippen molar-refractivity contribution in [3.63, 3.8) is 0 Å². The number of unbranched alkanes of at least 4 members (excludes halogenated alkanes) is 1. The number of anilines is 2. The zero-order valence-corrected chi connectivity index (χ0v) is 21.5. The molecule has 3 aliphatic rings. The van der Waals surface area contributed by atoms with Crippen molar-refractivity contribution in [2.24, 2.45) is 11.8 Å². The molecule has 5 rings (SSSR count). The van der Waals surface area contributed by atoms with E-state index in [0.717, 1.165) is 0 Å². The van der Waals surface area contributed by atoms with E-state index in [2.05, 4.69) is 10.6 Å². The lowest BCUT2D eigenvalue weighted by Crippen LogP contribution is -2.53. The highest BCUT2D eigenvalue weighted by atomic mass is 35.5. The lowest BCUT2D eigenvalue weighted by atomic mass is 9.65. The van der Waals surface area contributed by atoms with Crippen LogP contribution in [0.2, 0.25) is 5.02 Å². The van der Waals surface area contributed by atoms with Gasteiger partial charge < -0.3 is 25.4 Å². The number of aliphatic hydroxyl groups is 1. The van der Waals surface area contributed by atoms with Gasteiger partial charge in [0.15, 0.2) is 0 Å². The van der Waals surface area contributed by atoms with Gasteiger partial charge in [0.1, 0.15) is 11.6 Å². The molecule has 2 bridgehead atoms. The molecule has 8 nitrogen and oxygen atoms in total. The topological polar surface area (TPSA) is 108 Å². The maximum Gasteiger partial charge on any atom is 0.250 e. The Morgan fingerprint density at radius 3 is 2.49 bits per heavy atom. The smallest absolute Gasteiger partial charge is 0.250 e. The molecule has 0 saturated carbocycles. The fourth-order valence-corrected chi connectivity index (χ4v) is 6.74. The van der Waals surface area contributed by atoms with Gasteiger partial charge in [-0.1, -0.05) is 48.9 Å². The molecule has 3 fully saturated rings. The molecule has 9 heteroatoms. The summed E-state index contributed by atoms with van der Waals surface area (Å²) in [6, 6.07) is 15.2. The highest BCUT2D eigenvalue weighted by Gasteiger charge is 2.78. The third-order valence-electron chi connectivity index (χ3n) is 8.19. The maximum absolute atomic E-state index is 14.0. The molecule has 3 heterocycles. The average Bonchev–Trinajstić information content (AvgIpc) is 3.50. The van der Waals surface area contributed by atoms with Crippen LogP contribution in [0, 0.1) is 11.8 Å². The number of aliphatic hydroxyl groups excluding tert-OH is 1. The molecule has 5 atom stereocenters. The van der Waals surface area contributed by atoms with Crippen LogP contribution in [0.3, 0.4) is 0 Å². The summed E-state index contributed by atoms with van der Waals surface area (Å²) in [5.74, 6) is -2.40. The van der Waals surface area contributed by atoms with E-state index in [1.54, 1.807) is 41.3 Å². The molecule has 3 N–H and O–H groups in total. The van der Waals surface area contributed by atoms with Crippen molar-refractivity contribution in [2.75, 3.05) is 23.8 Å². The number of hydrogen-bond acceptors (Lipinski definition) is 5. The van der Waals surface area contributed by atoms with Gasteiger partial charge in [-0.2, -0.15) is 0 Å². The highest BCUT2D eigenvalue weighted by Crippen LogP contribution is 2.64. The Kier molecular flexibility index (Phi) is 7.00. The number of halogens is 1. The van der Waals surface area contributed by atoms with Crippen molar-refractivity contribution in [3.05, 3.63) is 59.6 Å². The predicted molar refractivity (Wildman–Crippen MR) is 140 cm³/mol. The lowest BCUT2D eigenvalue weighted by Gasteiger charge is -2.34. The summed E-state index contributed by atoms with van der Waals surface area (Å²) in [6.07, 6.45) is 2.66. The monoisotopic (exact) mass is 525 g/mol. The number of carbonyl (C=O) groups is 3. The minimum Gasteiger partial charge on any atom is -0.396 e. The van der Waals surface area contributed by atoms with Gasteiger partial charge in [-0.25, -0.2) is 0 Å². The van der Waals surface area contributed by atoms with E-state index >= 15 is 0 Å². The Balaban J connectivity index is 1.51. The zero-order valence-electron chi connectivity index (χ0n) is 20.8. The normalized spacial score (nSPS) is 29.9. The Labute approximate surface area is 221 Å². The molecule has 0 radical (unpaired) electrons. The minimum atomic E-state index is -1.11. The Hall–Kier alpha value is -2.94. The third-order valence-corrected chi connectivity index (χ3v) is 8.52. The van der Waals surface area contributed by atoms with E-state index in [9.17, 15) is 19.5 Å². The van der Waals surface area contributed by atoms with E-state index in [1.165, 1.54) is 0 Å². The molecule has 3 aliphatic heterocycles. The molecule has 2 unspecified atom stereocenters. The van der Waals surface area contributed by atoms with E-state index in [-0.39, 0.29) is 30.9 Å². The second kappa shape index (κ2) is 10.1. The van der Waals surface area contributed by atoms with Gasteiger partial charge in [-0.15, -0.1) is 0 Å². The molecule has 0 aliphatic carbocycles. The van der Waals surface area contributed by atoms with Crippen LogP contribution in [-0.4, -0.2) is 58.1 Å². The second-order valence-corrected chi connectivity index (χ2v) is 10.5. The number of benzene rings is 2. The molecule has 1 spiro atoms. The van der Waals surface area contributed by atoms with Crippen molar-refractivity contribution >= 4 is 40.7 Å². The molecule has 0 aromatic heterocycles. The molecule has 2 aromatic rings. The first-order valence-electron chi connectivity index (χ1n) is 12.9. The summed E-state index contributed by atoms with van der Waals surface area (Å²) in [6.45, 7) is 2.24. The van der Waals surface area contributed by atoms with Crippen LogP contribution in [0.1, 0.15) is 39.0 Å². The fourth-order valence-electron chi connectivity index (χ4n) is 6.56. The van der Waals surface area contributed by atoms with Gasteiger partial charge in [0.05, 0.1) is 28.1 Å². The van der Waals surface area contributed by atoms with E-state index < -0.39 is 29.1 Å². The summed E-state index contributed by atoms with van der Waals surface area (Å²) in [5, 5.41) is 15.6. The number of nitrogens with one attached hydrogen (secondary N) is 2. The summed E-state index contributed by atoms with van der Waals surface area (Å²) in [7, 11) is 0.